The predicted octanol–water partition coefficient (Wildman–Crippen LogP) is 5.13. The van der Waals surface area contributed by atoms with E-state index in [9.17, 15) is 9.90 Å². The van der Waals surface area contributed by atoms with Crippen molar-refractivity contribution in [2.45, 2.75) is 84.8 Å². The first kappa shape index (κ1) is 18.7. The number of fused-ring (bicyclic) bond motifs is 7. The molecule has 1 heterocycles. The van der Waals surface area contributed by atoms with Gasteiger partial charge in [-0.3, -0.25) is 4.79 Å². The number of benzene rings is 1. The lowest BCUT2D eigenvalue weighted by atomic mass is 9.39. The van der Waals surface area contributed by atoms with Gasteiger partial charge >= 0.3 is 0 Å². The van der Waals surface area contributed by atoms with Crippen LogP contribution in [0.3, 0.4) is 0 Å². The molecule has 7 atom stereocenters. The van der Waals surface area contributed by atoms with Gasteiger partial charge in [0.1, 0.15) is 0 Å². The lowest BCUT2D eigenvalue weighted by Crippen LogP contribution is -2.60. The number of para-hydroxylation sites is 1. The zero-order valence-corrected chi connectivity index (χ0v) is 18.0. The van der Waals surface area contributed by atoms with Gasteiger partial charge in [-0.05, 0) is 71.8 Å². The molecule has 3 heteroatoms. The number of carbonyl (C=O) groups is 1. The highest BCUT2D eigenvalue weighted by atomic mass is 16.3. The molecule has 3 saturated carbocycles. The number of amides is 1. The Morgan fingerprint density at radius 3 is 2.54 bits per heavy atom. The van der Waals surface area contributed by atoms with E-state index in [4.69, 9.17) is 0 Å². The van der Waals surface area contributed by atoms with E-state index in [1.807, 2.05) is 0 Å². The highest BCUT2D eigenvalue weighted by Crippen LogP contribution is 2.75. The fourth-order valence-corrected chi connectivity index (χ4v) is 8.64. The van der Waals surface area contributed by atoms with E-state index in [0.717, 1.165) is 24.9 Å². The summed E-state index contributed by atoms with van der Waals surface area (Å²) >= 11 is 0. The van der Waals surface area contributed by atoms with Crippen LogP contribution in [0.15, 0.2) is 24.3 Å². The van der Waals surface area contributed by atoms with Gasteiger partial charge in [0.05, 0.1) is 6.10 Å². The van der Waals surface area contributed by atoms with Crippen LogP contribution in [-0.2, 0) is 4.79 Å². The molecule has 5 rings (SSSR count). The lowest BCUT2D eigenvalue weighted by molar-refractivity contribution is -0.184. The van der Waals surface area contributed by atoms with Crippen molar-refractivity contribution in [2.24, 2.45) is 28.1 Å². The van der Waals surface area contributed by atoms with Crippen LogP contribution in [-0.4, -0.2) is 23.2 Å². The molecule has 1 aromatic carbocycles. The molecule has 0 aromatic heterocycles. The molecule has 0 radical (unpaired) electrons. The third-order valence-electron chi connectivity index (χ3n) is 10.1. The Hall–Kier alpha value is -1.35. The van der Waals surface area contributed by atoms with Crippen molar-refractivity contribution in [3.63, 3.8) is 0 Å². The van der Waals surface area contributed by atoms with Crippen molar-refractivity contribution in [3.05, 3.63) is 29.8 Å². The number of hydrogen-bond donors (Lipinski definition) is 1. The molecule has 3 aliphatic carbocycles. The van der Waals surface area contributed by atoms with Crippen LogP contribution in [0, 0.1) is 28.1 Å². The second-order valence-electron chi connectivity index (χ2n) is 11.1. The first-order valence-corrected chi connectivity index (χ1v) is 11.2. The minimum atomic E-state index is -0.201. The predicted molar refractivity (Wildman–Crippen MR) is 112 cm³/mol. The minimum absolute atomic E-state index is 0.0442. The van der Waals surface area contributed by atoms with E-state index in [-0.39, 0.29) is 28.3 Å². The standard InChI is InChI=1S/C25H35NO2/c1-15(27)26-18-9-7-6-8-17(18)22-19(26)14-16-10-11-20-23(2,3)21(28)12-13-24(20,4)25(16,22)5/h6-9,16,19-22,28H,10-14H2,1-5H3/t16-,19-,20-,21-,22-,24-,25-/m1/s1. The Morgan fingerprint density at radius 2 is 1.82 bits per heavy atom. The number of rotatable bonds is 0. The van der Waals surface area contributed by atoms with E-state index >= 15 is 0 Å². The number of nitrogens with zero attached hydrogens (tertiary/aromatic N) is 1. The zero-order chi connectivity index (χ0) is 20.1. The van der Waals surface area contributed by atoms with E-state index in [1.165, 1.54) is 18.4 Å². The van der Waals surface area contributed by atoms with Crippen molar-refractivity contribution >= 4 is 11.6 Å². The first-order valence-electron chi connectivity index (χ1n) is 11.2. The van der Waals surface area contributed by atoms with Gasteiger partial charge < -0.3 is 10.0 Å². The zero-order valence-electron chi connectivity index (χ0n) is 18.0. The fourth-order valence-electron chi connectivity index (χ4n) is 8.64. The maximum atomic E-state index is 12.7. The summed E-state index contributed by atoms with van der Waals surface area (Å²) in [4.78, 5) is 14.8. The Labute approximate surface area is 169 Å². The summed E-state index contributed by atoms with van der Waals surface area (Å²) in [5, 5.41) is 10.8. The molecule has 1 N–H and O–H groups in total. The number of hydrogen-bond acceptors (Lipinski definition) is 2. The van der Waals surface area contributed by atoms with E-state index < -0.39 is 0 Å². The van der Waals surface area contributed by atoms with Gasteiger partial charge in [-0.15, -0.1) is 0 Å². The van der Waals surface area contributed by atoms with Crippen molar-refractivity contribution in [1.82, 2.24) is 0 Å². The third-order valence-corrected chi connectivity index (χ3v) is 10.1. The molecule has 1 aliphatic heterocycles. The molecule has 0 saturated heterocycles. The molecule has 1 aromatic rings. The molecular formula is C25H35NO2. The number of aliphatic hydroxyl groups is 1. The van der Waals surface area contributed by atoms with E-state index in [1.54, 1.807) is 6.92 Å². The molecule has 0 spiro atoms. The van der Waals surface area contributed by atoms with E-state index in [0.29, 0.717) is 23.8 Å². The highest BCUT2D eigenvalue weighted by Gasteiger charge is 2.70. The van der Waals surface area contributed by atoms with Crippen LogP contribution >= 0.6 is 0 Å². The SMILES string of the molecule is CC(=O)N1c2ccccc2[C@@H]2[C@H]1C[C@H]1CC[C@@H]3C(C)(C)[C@H](O)CC[C@@]3(C)[C@]12C. The number of carbonyl (C=O) groups excluding carboxylic acids is 1. The summed E-state index contributed by atoms with van der Waals surface area (Å²) < 4.78 is 0. The lowest BCUT2D eigenvalue weighted by Gasteiger charge is -2.65. The van der Waals surface area contributed by atoms with E-state index in [2.05, 4.69) is 56.9 Å². The molecule has 0 bridgehead atoms. The molecule has 3 nitrogen and oxygen atoms in total. The first-order chi connectivity index (χ1) is 13.1. The molecule has 0 unspecified atom stereocenters. The third kappa shape index (κ3) is 1.97. The molecule has 28 heavy (non-hydrogen) atoms. The summed E-state index contributed by atoms with van der Waals surface area (Å²) in [7, 11) is 0. The van der Waals surface area contributed by atoms with Crippen LogP contribution in [0.2, 0.25) is 0 Å². The van der Waals surface area contributed by atoms with Crippen molar-refractivity contribution < 1.29 is 9.90 Å². The normalized spacial score (nSPS) is 45.8. The van der Waals surface area contributed by atoms with Gasteiger partial charge in [0, 0.05) is 24.6 Å². The van der Waals surface area contributed by atoms with Crippen LogP contribution in [0.25, 0.3) is 0 Å². The second-order valence-corrected chi connectivity index (χ2v) is 11.1. The Morgan fingerprint density at radius 1 is 1.11 bits per heavy atom. The highest BCUT2D eigenvalue weighted by molar-refractivity contribution is 5.95. The monoisotopic (exact) mass is 381 g/mol. The van der Waals surface area contributed by atoms with Gasteiger partial charge in [-0.2, -0.15) is 0 Å². The second kappa shape index (κ2) is 5.62. The topological polar surface area (TPSA) is 40.5 Å². The minimum Gasteiger partial charge on any atom is -0.393 e. The van der Waals surface area contributed by atoms with Crippen LogP contribution in [0.1, 0.15) is 78.2 Å². The van der Waals surface area contributed by atoms with Crippen molar-refractivity contribution in [2.75, 3.05) is 4.90 Å². The largest absolute Gasteiger partial charge is 0.393 e. The van der Waals surface area contributed by atoms with Crippen molar-refractivity contribution in [1.29, 1.82) is 0 Å². The molecule has 3 fully saturated rings. The summed E-state index contributed by atoms with van der Waals surface area (Å²) in [5.74, 6) is 1.78. The summed E-state index contributed by atoms with van der Waals surface area (Å²) in [6, 6.07) is 8.94. The quantitative estimate of drug-likeness (QED) is 0.677. The van der Waals surface area contributed by atoms with Gasteiger partial charge in [0.15, 0.2) is 0 Å². The summed E-state index contributed by atoms with van der Waals surface area (Å²) in [6.45, 7) is 11.4. The van der Waals surface area contributed by atoms with Gasteiger partial charge in [0.25, 0.3) is 0 Å². The van der Waals surface area contributed by atoms with Crippen molar-refractivity contribution in [3.8, 4) is 0 Å². The molecule has 152 valence electrons. The maximum absolute atomic E-state index is 12.7. The fraction of sp³-hybridized carbons (Fsp3) is 0.720. The Balaban J connectivity index is 1.68. The van der Waals surface area contributed by atoms with Crippen LogP contribution in [0.5, 0.6) is 0 Å². The molecule has 1 amide bonds. The van der Waals surface area contributed by atoms with Crippen LogP contribution < -0.4 is 4.90 Å². The number of aliphatic hydroxyl groups excluding tert-OH is 1. The van der Waals surface area contributed by atoms with Gasteiger partial charge in [-0.25, -0.2) is 0 Å². The average molecular weight is 382 g/mol. The summed E-state index contributed by atoms with van der Waals surface area (Å²) in [5.41, 5.74) is 2.84. The smallest absolute Gasteiger partial charge is 0.224 e. The van der Waals surface area contributed by atoms with Gasteiger partial charge in [-0.1, -0.05) is 45.9 Å². The van der Waals surface area contributed by atoms with Crippen LogP contribution in [0.4, 0.5) is 5.69 Å². The summed E-state index contributed by atoms with van der Waals surface area (Å²) in [6.07, 6.45) is 5.36. The molecular weight excluding hydrogens is 346 g/mol. The maximum Gasteiger partial charge on any atom is 0.224 e. The number of anilines is 1. The molecule has 4 aliphatic rings. The Bertz CT molecular complexity index is 832. The average Bonchev–Trinajstić information content (AvgIpc) is 3.11. The Kier molecular flexibility index (Phi) is 3.75. The van der Waals surface area contributed by atoms with Gasteiger partial charge in [0.2, 0.25) is 5.91 Å².